The van der Waals surface area contributed by atoms with E-state index in [0.29, 0.717) is 19.1 Å². The van der Waals surface area contributed by atoms with Crippen molar-refractivity contribution in [3.8, 4) is 0 Å². The number of aldehydes is 1. The van der Waals surface area contributed by atoms with Crippen molar-refractivity contribution in [2.45, 2.75) is 37.4 Å². The van der Waals surface area contributed by atoms with Crippen LogP contribution in [0.5, 0.6) is 0 Å². The van der Waals surface area contributed by atoms with Crippen LogP contribution in [0.25, 0.3) is 0 Å². The van der Waals surface area contributed by atoms with Gasteiger partial charge in [-0.3, -0.25) is 0 Å². The molecule has 1 heterocycles. The summed E-state index contributed by atoms with van der Waals surface area (Å²) in [6.07, 6.45) is 5.02. The first-order valence-electron chi connectivity index (χ1n) is 7.65. The van der Waals surface area contributed by atoms with Gasteiger partial charge in [0.15, 0.2) is 5.79 Å². The quantitative estimate of drug-likeness (QED) is 0.737. The molecule has 4 rings (SSSR count). The lowest BCUT2D eigenvalue weighted by Gasteiger charge is -2.49. The van der Waals surface area contributed by atoms with Crippen LogP contribution in [0.1, 0.15) is 36.3 Å². The van der Waals surface area contributed by atoms with Crippen LogP contribution in [0.2, 0.25) is 0 Å². The van der Waals surface area contributed by atoms with E-state index in [1.165, 1.54) is 11.1 Å². The van der Waals surface area contributed by atoms with Gasteiger partial charge in [0.05, 0.1) is 13.2 Å². The summed E-state index contributed by atoms with van der Waals surface area (Å²) >= 11 is 0. The molecule has 1 spiro atoms. The second kappa shape index (κ2) is 4.68. The number of ether oxygens (including phenoxy) is 2. The minimum absolute atomic E-state index is 0.111. The van der Waals surface area contributed by atoms with Crippen LogP contribution >= 0.6 is 0 Å². The van der Waals surface area contributed by atoms with Gasteiger partial charge in [0, 0.05) is 24.2 Å². The Morgan fingerprint density at radius 2 is 1.95 bits per heavy atom. The van der Waals surface area contributed by atoms with Gasteiger partial charge in [0.25, 0.3) is 0 Å². The Balaban J connectivity index is 1.79. The van der Waals surface area contributed by atoms with Crippen LogP contribution in [0, 0.1) is 11.8 Å². The van der Waals surface area contributed by atoms with Gasteiger partial charge in [0.1, 0.15) is 6.29 Å². The molecule has 0 N–H and O–H groups in total. The standard InChI is InChI=1S/C17H20O3/c18-11-13-7-8-17(19-9-10-20-17)15-6-5-12-3-1-2-4-14(12)16(13)15/h1-4,11,13,15-16H,5-10H2/t13-,15-,16-/m0/s1. The summed E-state index contributed by atoms with van der Waals surface area (Å²) in [5.41, 5.74) is 2.75. The normalized spacial score (nSPS) is 34.5. The molecule has 2 aliphatic carbocycles. The predicted molar refractivity (Wildman–Crippen MR) is 74.4 cm³/mol. The Morgan fingerprint density at radius 1 is 1.15 bits per heavy atom. The van der Waals surface area contributed by atoms with E-state index in [2.05, 4.69) is 24.3 Å². The maximum atomic E-state index is 11.5. The van der Waals surface area contributed by atoms with E-state index in [1.807, 2.05) is 0 Å². The average molecular weight is 272 g/mol. The number of aryl methyl sites for hydroxylation is 1. The summed E-state index contributed by atoms with van der Waals surface area (Å²) in [4.78, 5) is 11.5. The molecule has 0 bridgehead atoms. The van der Waals surface area contributed by atoms with Gasteiger partial charge in [-0.15, -0.1) is 0 Å². The Bertz CT molecular complexity index is 519. The predicted octanol–water partition coefficient (Wildman–Crippen LogP) is 2.68. The topological polar surface area (TPSA) is 35.5 Å². The summed E-state index contributed by atoms with van der Waals surface area (Å²) in [6, 6.07) is 8.57. The SMILES string of the molecule is O=C[C@@H]1CCC2(OCCO2)[C@H]2CCc3ccccc3[C@H]12. The number of rotatable bonds is 1. The Kier molecular flexibility index (Phi) is 2.93. The molecule has 1 aromatic carbocycles. The van der Waals surface area contributed by atoms with Crippen LogP contribution < -0.4 is 0 Å². The maximum Gasteiger partial charge on any atom is 0.171 e. The molecule has 1 aliphatic heterocycles. The molecule has 0 aromatic heterocycles. The fourth-order valence-electron chi connectivity index (χ4n) is 4.53. The van der Waals surface area contributed by atoms with E-state index < -0.39 is 5.79 Å². The van der Waals surface area contributed by atoms with Crippen molar-refractivity contribution in [1.82, 2.24) is 0 Å². The van der Waals surface area contributed by atoms with Crippen molar-refractivity contribution < 1.29 is 14.3 Å². The highest BCUT2D eigenvalue weighted by Crippen LogP contribution is 2.54. The summed E-state index contributed by atoms with van der Waals surface area (Å²) in [7, 11) is 0. The van der Waals surface area contributed by atoms with E-state index in [1.54, 1.807) is 0 Å². The Labute approximate surface area is 119 Å². The fourth-order valence-corrected chi connectivity index (χ4v) is 4.53. The maximum absolute atomic E-state index is 11.5. The van der Waals surface area contributed by atoms with Crippen molar-refractivity contribution in [3.05, 3.63) is 35.4 Å². The second-order valence-electron chi connectivity index (χ2n) is 6.22. The molecule has 3 aliphatic rings. The molecule has 106 valence electrons. The molecule has 1 saturated heterocycles. The number of hydrogen-bond donors (Lipinski definition) is 0. The Hall–Kier alpha value is -1.19. The molecule has 0 amide bonds. The molecule has 3 heteroatoms. The van der Waals surface area contributed by atoms with Gasteiger partial charge in [-0.1, -0.05) is 24.3 Å². The fraction of sp³-hybridized carbons (Fsp3) is 0.588. The number of benzene rings is 1. The van der Waals surface area contributed by atoms with Crippen LogP contribution in [-0.4, -0.2) is 25.3 Å². The molecule has 2 fully saturated rings. The summed E-state index contributed by atoms with van der Waals surface area (Å²) in [5, 5.41) is 0. The van der Waals surface area contributed by atoms with Gasteiger partial charge in [0.2, 0.25) is 0 Å². The van der Waals surface area contributed by atoms with E-state index in [4.69, 9.17) is 9.47 Å². The molecule has 3 nitrogen and oxygen atoms in total. The second-order valence-corrected chi connectivity index (χ2v) is 6.22. The zero-order valence-corrected chi connectivity index (χ0v) is 11.6. The number of fused-ring (bicyclic) bond motifs is 4. The molecule has 1 aromatic rings. The lowest BCUT2D eigenvalue weighted by atomic mass is 9.61. The molecule has 0 unspecified atom stereocenters. The Morgan fingerprint density at radius 3 is 2.75 bits per heavy atom. The lowest BCUT2D eigenvalue weighted by molar-refractivity contribution is -0.226. The van der Waals surface area contributed by atoms with E-state index >= 15 is 0 Å². The third-order valence-corrected chi connectivity index (χ3v) is 5.38. The minimum Gasteiger partial charge on any atom is -0.347 e. The zero-order valence-electron chi connectivity index (χ0n) is 11.6. The van der Waals surface area contributed by atoms with Crippen LogP contribution in [0.4, 0.5) is 0 Å². The van der Waals surface area contributed by atoms with Gasteiger partial charge in [-0.05, 0) is 30.4 Å². The van der Waals surface area contributed by atoms with Crippen molar-refractivity contribution >= 4 is 6.29 Å². The third kappa shape index (κ3) is 1.69. The summed E-state index contributed by atoms with van der Waals surface area (Å²) in [6.45, 7) is 1.38. The summed E-state index contributed by atoms with van der Waals surface area (Å²) < 4.78 is 12.0. The van der Waals surface area contributed by atoms with Crippen LogP contribution in [0.15, 0.2) is 24.3 Å². The lowest BCUT2D eigenvalue weighted by Crippen LogP contribution is -2.50. The largest absolute Gasteiger partial charge is 0.347 e. The van der Waals surface area contributed by atoms with Crippen molar-refractivity contribution in [2.24, 2.45) is 11.8 Å². The molecule has 1 saturated carbocycles. The molecule has 20 heavy (non-hydrogen) atoms. The van der Waals surface area contributed by atoms with Gasteiger partial charge in [-0.25, -0.2) is 0 Å². The minimum atomic E-state index is -0.419. The first-order chi connectivity index (χ1) is 9.84. The number of carbonyl (C=O) groups excluding carboxylic acids is 1. The van der Waals surface area contributed by atoms with Gasteiger partial charge >= 0.3 is 0 Å². The van der Waals surface area contributed by atoms with Crippen molar-refractivity contribution in [3.63, 3.8) is 0 Å². The first-order valence-corrected chi connectivity index (χ1v) is 7.65. The smallest absolute Gasteiger partial charge is 0.171 e. The van der Waals surface area contributed by atoms with Crippen LogP contribution in [0.3, 0.4) is 0 Å². The van der Waals surface area contributed by atoms with E-state index in [9.17, 15) is 4.79 Å². The van der Waals surface area contributed by atoms with E-state index in [0.717, 1.165) is 32.0 Å². The van der Waals surface area contributed by atoms with Crippen molar-refractivity contribution in [1.29, 1.82) is 0 Å². The highest BCUT2D eigenvalue weighted by Gasteiger charge is 2.54. The van der Waals surface area contributed by atoms with Gasteiger partial charge < -0.3 is 14.3 Å². The van der Waals surface area contributed by atoms with E-state index in [-0.39, 0.29) is 11.8 Å². The first kappa shape index (κ1) is 12.5. The van der Waals surface area contributed by atoms with Crippen LogP contribution in [-0.2, 0) is 20.7 Å². The highest BCUT2D eigenvalue weighted by molar-refractivity contribution is 5.57. The highest BCUT2D eigenvalue weighted by atomic mass is 16.7. The molecule has 3 atom stereocenters. The molecule has 0 radical (unpaired) electrons. The number of hydrogen-bond acceptors (Lipinski definition) is 3. The molecular weight excluding hydrogens is 252 g/mol. The third-order valence-electron chi connectivity index (χ3n) is 5.38. The van der Waals surface area contributed by atoms with Gasteiger partial charge in [-0.2, -0.15) is 0 Å². The molecular formula is C17H20O3. The van der Waals surface area contributed by atoms with Crippen molar-refractivity contribution in [2.75, 3.05) is 13.2 Å². The average Bonchev–Trinajstić information content (AvgIpc) is 2.97. The number of carbonyl (C=O) groups is 1. The zero-order chi connectivity index (χ0) is 13.6. The summed E-state index contributed by atoms with van der Waals surface area (Å²) in [5.74, 6) is 0.283. The monoisotopic (exact) mass is 272 g/mol.